The summed E-state index contributed by atoms with van der Waals surface area (Å²) in [6.45, 7) is 2.87. The predicted octanol–water partition coefficient (Wildman–Crippen LogP) is 1.85. The first-order valence-electron chi connectivity index (χ1n) is 5.08. The Morgan fingerprint density at radius 1 is 1.53 bits per heavy atom. The molecule has 0 aromatic heterocycles. The average molecular weight is 203 g/mol. The van der Waals surface area contributed by atoms with Gasteiger partial charge in [-0.15, -0.1) is 6.42 Å². The first kappa shape index (κ1) is 11.6. The van der Waals surface area contributed by atoms with Gasteiger partial charge in [-0.05, 0) is 31.0 Å². The Labute approximate surface area is 91.6 Å². The van der Waals surface area contributed by atoms with Crippen molar-refractivity contribution in [2.75, 3.05) is 13.7 Å². The molecule has 2 nitrogen and oxygen atoms in total. The number of benzene rings is 1. The second kappa shape index (κ2) is 6.10. The molecule has 1 rings (SSSR count). The summed E-state index contributed by atoms with van der Waals surface area (Å²) in [6.07, 6.45) is 6.23. The minimum atomic E-state index is 0.135. The van der Waals surface area contributed by atoms with Crippen LogP contribution in [0.15, 0.2) is 24.3 Å². The highest BCUT2D eigenvalue weighted by molar-refractivity contribution is 5.28. The van der Waals surface area contributed by atoms with Gasteiger partial charge in [-0.1, -0.05) is 18.1 Å². The molecule has 0 amide bonds. The fourth-order valence-corrected chi connectivity index (χ4v) is 1.32. The third-order valence-corrected chi connectivity index (χ3v) is 2.25. The van der Waals surface area contributed by atoms with Gasteiger partial charge in [0.1, 0.15) is 5.75 Å². The van der Waals surface area contributed by atoms with E-state index >= 15 is 0 Å². The lowest BCUT2D eigenvalue weighted by Crippen LogP contribution is -2.26. The van der Waals surface area contributed by atoms with Crippen molar-refractivity contribution in [2.24, 2.45) is 0 Å². The van der Waals surface area contributed by atoms with Gasteiger partial charge in [-0.2, -0.15) is 0 Å². The molecule has 0 fully saturated rings. The summed E-state index contributed by atoms with van der Waals surface area (Å²) < 4.78 is 5.15. The SMILES string of the molecule is C#CC(C)NCCc1cccc(OC)c1. The standard InChI is InChI=1S/C13H17NO/c1-4-11(2)14-9-8-12-6-5-7-13(10-12)15-3/h1,5-7,10-11,14H,8-9H2,2-3H3. The van der Waals surface area contributed by atoms with E-state index in [2.05, 4.69) is 17.3 Å². The fraction of sp³-hybridized carbons (Fsp3) is 0.385. The van der Waals surface area contributed by atoms with Crippen molar-refractivity contribution in [3.05, 3.63) is 29.8 Å². The number of methoxy groups -OCH3 is 1. The maximum absolute atomic E-state index is 5.26. The van der Waals surface area contributed by atoms with Gasteiger partial charge in [0.25, 0.3) is 0 Å². The zero-order chi connectivity index (χ0) is 11.1. The van der Waals surface area contributed by atoms with E-state index in [9.17, 15) is 0 Å². The number of ether oxygens (including phenoxy) is 1. The molecule has 0 bridgehead atoms. The molecule has 2 heteroatoms. The molecule has 1 aromatic rings. The normalized spacial score (nSPS) is 11.8. The van der Waals surface area contributed by atoms with E-state index in [1.807, 2.05) is 25.1 Å². The summed E-state index contributed by atoms with van der Waals surface area (Å²) in [5.41, 5.74) is 1.26. The highest BCUT2D eigenvalue weighted by Crippen LogP contribution is 2.12. The van der Waals surface area contributed by atoms with Crippen LogP contribution in [0.25, 0.3) is 0 Å². The van der Waals surface area contributed by atoms with Gasteiger partial charge < -0.3 is 10.1 Å². The number of hydrogen-bond acceptors (Lipinski definition) is 2. The topological polar surface area (TPSA) is 21.3 Å². The number of terminal acetylenes is 1. The molecule has 0 aliphatic heterocycles. The summed E-state index contributed by atoms with van der Waals surface area (Å²) in [7, 11) is 1.68. The van der Waals surface area contributed by atoms with Gasteiger partial charge in [0.15, 0.2) is 0 Å². The van der Waals surface area contributed by atoms with Crippen LogP contribution in [0.1, 0.15) is 12.5 Å². The molecule has 1 N–H and O–H groups in total. The molecule has 0 radical (unpaired) electrons. The van der Waals surface area contributed by atoms with Crippen LogP contribution in [0.4, 0.5) is 0 Å². The molecule has 1 aromatic carbocycles. The molecular weight excluding hydrogens is 186 g/mol. The Morgan fingerprint density at radius 2 is 2.33 bits per heavy atom. The van der Waals surface area contributed by atoms with E-state index in [0.29, 0.717) is 0 Å². The summed E-state index contributed by atoms with van der Waals surface area (Å²) >= 11 is 0. The Kier molecular flexibility index (Phi) is 4.73. The molecule has 1 unspecified atom stereocenters. The third-order valence-electron chi connectivity index (χ3n) is 2.25. The van der Waals surface area contributed by atoms with E-state index in [1.165, 1.54) is 5.56 Å². The van der Waals surface area contributed by atoms with E-state index in [4.69, 9.17) is 11.2 Å². The lowest BCUT2D eigenvalue weighted by atomic mass is 10.1. The van der Waals surface area contributed by atoms with Gasteiger partial charge in [-0.25, -0.2) is 0 Å². The van der Waals surface area contributed by atoms with Crippen LogP contribution in [0.3, 0.4) is 0 Å². The minimum absolute atomic E-state index is 0.135. The Bertz CT molecular complexity index is 341. The van der Waals surface area contributed by atoms with Gasteiger partial charge in [-0.3, -0.25) is 0 Å². The number of hydrogen-bond donors (Lipinski definition) is 1. The molecule has 0 spiro atoms. The van der Waals surface area contributed by atoms with Crippen LogP contribution < -0.4 is 10.1 Å². The largest absolute Gasteiger partial charge is 0.497 e. The highest BCUT2D eigenvalue weighted by atomic mass is 16.5. The fourth-order valence-electron chi connectivity index (χ4n) is 1.32. The van der Waals surface area contributed by atoms with Crippen molar-refractivity contribution in [3.63, 3.8) is 0 Å². The van der Waals surface area contributed by atoms with E-state index in [0.717, 1.165) is 18.7 Å². The van der Waals surface area contributed by atoms with Crippen LogP contribution in [0.2, 0.25) is 0 Å². The summed E-state index contributed by atoms with van der Waals surface area (Å²) in [6, 6.07) is 8.21. The monoisotopic (exact) mass is 203 g/mol. The van der Waals surface area contributed by atoms with Crippen molar-refractivity contribution >= 4 is 0 Å². The van der Waals surface area contributed by atoms with Crippen LogP contribution in [-0.2, 0) is 6.42 Å². The molecule has 0 saturated carbocycles. The first-order chi connectivity index (χ1) is 7.26. The molecular formula is C13H17NO. The summed E-state index contributed by atoms with van der Waals surface area (Å²) in [4.78, 5) is 0. The smallest absolute Gasteiger partial charge is 0.119 e. The number of nitrogens with one attached hydrogen (secondary N) is 1. The Balaban J connectivity index is 2.41. The van der Waals surface area contributed by atoms with Crippen molar-refractivity contribution in [1.29, 1.82) is 0 Å². The van der Waals surface area contributed by atoms with Crippen molar-refractivity contribution in [1.82, 2.24) is 5.32 Å². The average Bonchev–Trinajstić information content (AvgIpc) is 2.29. The van der Waals surface area contributed by atoms with E-state index < -0.39 is 0 Å². The van der Waals surface area contributed by atoms with Crippen LogP contribution in [0, 0.1) is 12.3 Å². The zero-order valence-corrected chi connectivity index (χ0v) is 9.29. The molecule has 1 atom stereocenters. The Morgan fingerprint density at radius 3 is 3.00 bits per heavy atom. The van der Waals surface area contributed by atoms with Crippen LogP contribution >= 0.6 is 0 Å². The summed E-state index contributed by atoms with van der Waals surface area (Å²) in [5, 5.41) is 3.24. The lowest BCUT2D eigenvalue weighted by molar-refractivity contribution is 0.414. The lowest BCUT2D eigenvalue weighted by Gasteiger charge is -2.08. The maximum Gasteiger partial charge on any atom is 0.119 e. The molecule has 0 aliphatic carbocycles. The zero-order valence-electron chi connectivity index (χ0n) is 9.29. The molecule has 0 saturated heterocycles. The third kappa shape index (κ3) is 4.05. The summed E-state index contributed by atoms with van der Waals surface area (Å²) in [5.74, 6) is 3.54. The highest BCUT2D eigenvalue weighted by Gasteiger charge is 1.97. The Hall–Kier alpha value is -1.46. The van der Waals surface area contributed by atoms with Gasteiger partial charge in [0.05, 0.1) is 13.2 Å². The van der Waals surface area contributed by atoms with Crippen molar-refractivity contribution in [2.45, 2.75) is 19.4 Å². The van der Waals surface area contributed by atoms with Gasteiger partial charge in [0, 0.05) is 6.54 Å². The second-order valence-electron chi connectivity index (χ2n) is 3.44. The van der Waals surface area contributed by atoms with Crippen LogP contribution in [0.5, 0.6) is 5.75 Å². The predicted molar refractivity (Wildman–Crippen MR) is 63.0 cm³/mol. The van der Waals surface area contributed by atoms with Crippen molar-refractivity contribution < 1.29 is 4.74 Å². The first-order valence-corrected chi connectivity index (χ1v) is 5.08. The minimum Gasteiger partial charge on any atom is -0.497 e. The van der Waals surface area contributed by atoms with E-state index in [1.54, 1.807) is 7.11 Å². The molecule has 15 heavy (non-hydrogen) atoms. The van der Waals surface area contributed by atoms with Crippen LogP contribution in [-0.4, -0.2) is 19.7 Å². The van der Waals surface area contributed by atoms with Crippen molar-refractivity contribution in [3.8, 4) is 18.1 Å². The van der Waals surface area contributed by atoms with Gasteiger partial charge >= 0.3 is 0 Å². The quantitative estimate of drug-likeness (QED) is 0.737. The van der Waals surface area contributed by atoms with Gasteiger partial charge in [0.2, 0.25) is 0 Å². The van der Waals surface area contributed by atoms with E-state index in [-0.39, 0.29) is 6.04 Å². The molecule has 0 aliphatic rings. The second-order valence-corrected chi connectivity index (χ2v) is 3.44. The molecule has 0 heterocycles. The maximum atomic E-state index is 5.26. The molecule has 80 valence electrons. The number of rotatable bonds is 5.